The summed E-state index contributed by atoms with van der Waals surface area (Å²) >= 11 is 13.3. The third-order valence-electron chi connectivity index (χ3n) is 4.98. The van der Waals surface area contributed by atoms with Crippen molar-refractivity contribution in [3.8, 4) is 17.2 Å². The first-order valence-corrected chi connectivity index (χ1v) is 12.1. The molecule has 4 rings (SSSR count). The minimum absolute atomic E-state index is 0.299. The van der Waals surface area contributed by atoms with E-state index in [-0.39, 0.29) is 5.91 Å². The molecular formula is C25H19Br2ClN2O3. The minimum atomic E-state index is -0.299. The van der Waals surface area contributed by atoms with E-state index >= 15 is 0 Å². The van der Waals surface area contributed by atoms with Crippen LogP contribution in [0.3, 0.4) is 0 Å². The van der Waals surface area contributed by atoms with Crippen molar-refractivity contribution in [2.24, 2.45) is 0 Å². The predicted octanol–water partition coefficient (Wildman–Crippen LogP) is 7.90. The van der Waals surface area contributed by atoms with E-state index in [9.17, 15) is 4.79 Å². The first-order chi connectivity index (χ1) is 15.9. The van der Waals surface area contributed by atoms with Gasteiger partial charge in [-0.2, -0.15) is 0 Å². The first-order valence-electron chi connectivity index (χ1n) is 10.1. The summed E-state index contributed by atoms with van der Waals surface area (Å²) in [6, 6.07) is 14.8. The van der Waals surface area contributed by atoms with Crippen LogP contribution in [0, 0.1) is 0 Å². The number of nitrogens with zero attached hydrogens (tertiary/aromatic N) is 1. The second-order valence-corrected chi connectivity index (χ2v) is 9.38. The molecule has 0 unspecified atom stereocenters. The average molecular weight is 591 g/mol. The normalized spacial score (nSPS) is 11.3. The van der Waals surface area contributed by atoms with Gasteiger partial charge >= 0.3 is 0 Å². The van der Waals surface area contributed by atoms with Gasteiger partial charge in [0, 0.05) is 21.8 Å². The molecule has 8 heteroatoms. The van der Waals surface area contributed by atoms with Crippen LogP contribution in [-0.4, -0.2) is 18.0 Å². The molecule has 1 aromatic heterocycles. The fourth-order valence-electron chi connectivity index (χ4n) is 3.34. The highest BCUT2D eigenvalue weighted by Gasteiger charge is 2.14. The van der Waals surface area contributed by atoms with E-state index in [2.05, 4.69) is 49.1 Å². The molecule has 0 saturated heterocycles. The Morgan fingerprint density at radius 1 is 1.18 bits per heavy atom. The lowest BCUT2D eigenvalue weighted by molar-refractivity contribution is -0.111. The molecule has 4 aromatic rings. The molecule has 1 heterocycles. The number of anilines is 1. The summed E-state index contributed by atoms with van der Waals surface area (Å²) in [5.74, 6) is 0.739. The van der Waals surface area contributed by atoms with Crippen LogP contribution in [-0.2, 0) is 11.2 Å². The maximum Gasteiger partial charge on any atom is 0.248 e. The van der Waals surface area contributed by atoms with Crippen molar-refractivity contribution in [1.82, 2.24) is 4.98 Å². The van der Waals surface area contributed by atoms with Gasteiger partial charge in [-0.1, -0.05) is 40.5 Å². The summed E-state index contributed by atoms with van der Waals surface area (Å²) in [4.78, 5) is 17.1. The summed E-state index contributed by atoms with van der Waals surface area (Å²) in [5.41, 5.74) is 4.56. The Morgan fingerprint density at radius 2 is 2.00 bits per heavy atom. The van der Waals surface area contributed by atoms with Crippen LogP contribution >= 0.6 is 43.5 Å². The highest BCUT2D eigenvalue weighted by atomic mass is 79.9. The number of hydrogen-bond acceptors (Lipinski definition) is 4. The van der Waals surface area contributed by atoms with Gasteiger partial charge in [0.05, 0.1) is 22.2 Å². The zero-order valence-corrected chi connectivity index (χ0v) is 21.7. The Hall–Kier alpha value is -2.61. The number of halogens is 3. The highest BCUT2D eigenvalue weighted by molar-refractivity contribution is 9.11. The van der Waals surface area contributed by atoms with Crippen LogP contribution in [0.25, 0.3) is 28.6 Å². The molecule has 0 fully saturated rings. The Kier molecular flexibility index (Phi) is 7.22. The summed E-state index contributed by atoms with van der Waals surface area (Å²) in [5, 5.41) is 3.33. The maximum atomic E-state index is 12.6. The number of rotatable bonds is 6. The molecule has 0 radical (unpaired) electrons. The van der Waals surface area contributed by atoms with Crippen LogP contribution in [0.4, 0.5) is 5.69 Å². The fourth-order valence-corrected chi connectivity index (χ4v) is 4.96. The van der Waals surface area contributed by atoms with Crippen molar-refractivity contribution < 1.29 is 13.9 Å². The van der Waals surface area contributed by atoms with Crippen molar-refractivity contribution in [3.63, 3.8) is 0 Å². The Balaban J connectivity index is 1.57. The zero-order chi connectivity index (χ0) is 23.5. The van der Waals surface area contributed by atoms with Crippen LogP contribution < -0.4 is 10.1 Å². The zero-order valence-electron chi connectivity index (χ0n) is 17.8. The highest BCUT2D eigenvalue weighted by Crippen LogP contribution is 2.34. The minimum Gasteiger partial charge on any atom is -0.495 e. The van der Waals surface area contributed by atoms with E-state index in [4.69, 9.17) is 20.8 Å². The monoisotopic (exact) mass is 588 g/mol. The topological polar surface area (TPSA) is 64.4 Å². The van der Waals surface area contributed by atoms with Crippen molar-refractivity contribution >= 4 is 72.2 Å². The molecule has 168 valence electrons. The van der Waals surface area contributed by atoms with E-state index in [1.54, 1.807) is 31.4 Å². The number of hydrogen-bond donors (Lipinski definition) is 1. The second kappa shape index (κ2) is 10.1. The molecule has 33 heavy (non-hydrogen) atoms. The van der Waals surface area contributed by atoms with Crippen LogP contribution in [0.5, 0.6) is 5.75 Å². The maximum absolute atomic E-state index is 12.6. The van der Waals surface area contributed by atoms with Crippen molar-refractivity contribution in [1.29, 1.82) is 0 Å². The molecule has 1 amide bonds. The van der Waals surface area contributed by atoms with Gasteiger partial charge in [0.15, 0.2) is 5.58 Å². The van der Waals surface area contributed by atoms with E-state index < -0.39 is 0 Å². The van der Waals surface area contributed by atoms with Crippen LogP contribution in [0.2, 0.25) is 5.02 Å². The molecule has 5 nitrogen and oxygen atoms in total. The number of carbonyl (C=O) groups excluding carboxylic acids is 1. The Bertz CT molecular complexity index is 1380. The summed E-state index contributed by atoms with van der Waals surface area (Å²) in [7, 11) is 1.58. The molecule has 0 atom stereocenters. The van der Waals surface area contributed by atoms with E-state index in [0.29, 0.717) is 33.5 Å². The largest absolute Gasteiger partial charge is 0.495 e. The standard InChI is InChI=1S/C25H19Br2ClN2O3/c1-3-14-4-8-22-21(10-14)30-25(33-22)18-13-17(6-7-20(18)28)29-23(31)9-5-15-11-16(26)12-19(27)24(15)32-2/h4-13H,3H2,1-2H3,(H,29,31)/b9-5+. The van der Waals surface area contributed by atoms with E-state index in [1.807, 2.05) is 30.3 Å². The average Bonchev–Trinajstić information content (AvgIpc) is 3.21. The second-order valence-electron chi connectivity index (χ2n) is 7.20. The summed E-state index contributed by atoms with van der Waals surface area (Å²) in [6.45, 7) is 2.09. The summed E-state index contributed by atoms with van der Waals surface area (Å²) < 4.78 is 13.0. The molecule has 0 spiro atoms. The molecule has 0 aliphatic rings. The lowest BCUT2D eigenvalue weighted by Gasteiger charge is -2.08. The molecule has 1 N–H and O–H groups in total. The number of methoxy groups -OCH3 is 1. The van der Waals surface area contributed by atoms with Crippen LogP contribution in [0.1, 0.15) is 18.1 Å². The number of benzene rings is 3. The molecule has 0 bridgehead atoms. The first kappa shape index (κ1) is 23.5. The van der Waals surface area contributed by atoms with Gasteiger partial charge in [0.25, 0.3) is 0 Å². The molecule has 0 aliphatic carbocycles. The Morgan fingerprint density at radius 3 is 2.76 bits per heavy atom. The number of nitrogens with one attached hydrogen (secondary N) is 1. The number of amides is 1. The SMILES string of the molecule is CCc1ccc2oc(-c3cc(NC(=O)/C=C/c4cc(Br)cc(Br)c4OC)ccc3Cl)nc2c1. The van der Waals surface area contributed by atoms with E-state index in [1.165, 1.54) is 11.6 Å². The van der Waals surface area contributed by atoms with Gasteiger partial charge in [0.1, 0.15) is 11.3 Å². The molecule has 0 saturated carbocycles. The number of aromatic nitrogens is 1. The van der Waals surface area contributed by atoms with E-state index in [0.717, 1.165) is 26.4 Å². The smallest absolute Gasteiger partial charge is 0.248 e. The number of fused-ring (bicyclic) bond motifs is 1. The summed E-state index contributed by atoms with van der Waals surface area (Å²) in [6.07, 6.45) is 4.04. The molecule has 3 aromatic carbocycles. The van der Waals surface area contributed by atoms with Crippen molar-refractivity contribution in [3.05, 3.63) is 79.7 Å². The number of ether oxygens (including phenoxy) is 1. The third-order valence-corrected chi connectivity index (χ3v) is 6.36. The fraction of sp³-hybridized carbons (Fsp3) is 0.120. The molecule has 0 aliphatic heterocycles. The van der Waals surface area contributed by atoms with Gasteiger partial charge in [-0.05, 0) is 76.5 Å². The van der Waals surface area contributed by atoms with Crippen molar-refractivity contribution in [2.75, 3.05) is 12.4 Å². The lowest BCUT2D eigenvalue weighted by atomic mass is 10.1. The quantitative estimate of drug-likeness (QED) is 0.232. The van der Waals surface area contributed by atoms with Crippen LogP contribution in [0.15, 0.2) is 68.0 Å². The van der Waals surface area contributed by atoms with Gasteiger partial charge in [0.2, 0.25) is 11.8 Å². The van der Waals surface area contributed by atoms with Gasteiger partial charge in [-0.15, -0.1) is 0 Å². The predicted molar refractivity (Wildman–Crippen MR) is 140 cm³/mol. The third kappa shape index (κ3) is 5.32. The number of carbonyl (C=O) groups is 1. The Labute approximate surface area is 213 Å². The van der Waals surface area contributed by atoms with Crippen molar-refractivity contribution in [2.45, 2.75) is 13.3 Å². The molecular weight excluding hydrogens is 572 g/mol. The van der Waals surface area contributed by atoms with Gasteiger partial charge in [-0.3, -0.25) is 4.79 Å². The van der Waals surface area contributed by atoms with Gasteiger partial charge in [-0.25, -0.2) is 4.98 Å². The lowest BCUT2D eigenvalue weighted by Crippen LogP contribution is -2.07. The van der Waals surface area contributed by atoms with Gasteiger partial charge < -0.3 is 14.5 Å². The number of aryl methyl sites for hydroxylation is 1. The number of oxazole rings is 1.